The molecule has 0 N–H and O–H groups in total. The number of hydrogen-bond acceptors (Lipinski definition) is 6. The molecule has 27 heavy (non-hydrogen) atoms. The van der Waals surface area contributed by atoms with Crippen molar-refractivity contribution in [2.75, 3.05) is 27.1 Å². The van der Waals surface area contributed by atoms with Crippen LogP contribution in [0.15, 0.2) is 47.4 Å². The first-order chi connectivity index (χ1) is 13.0. The fourth-order valence-corrected chi connectivity index (χ4v) is 2.95. The molecular weight excluding hydrogens is 388 g/mol. The van der Waals surface area contributed by atoms with Gasteiger partial charge in [-0.2, -0.15) is 0 Å². The van der Waals surface area contributed by atoms with Crippen LogP contribution in [0.25, 0.3) is 6.08 Å². The van der Waals surface area contributed by atoms with Gasteiger partial charge in [-0.25, -0.2) is 4.79 Å². The zero-order valence-corrected chi connectivity index (χ0v) is 16.7. The molecule has 0 aromatic heterocycles. The maximum Gasteiger partial charge on any atom is 0.331 e. The summed E-state index contributed by atoms with van der Waals surface area (Å²) in [6.07, 6.45) is 4.70. The lowest BCUT2D eigenvalue weighted by atomic mass is 10.1. The summed E-state index contributed by atoms with van der Waals surface area (Å²) < 4.78 is 15.4. The number of halogens is 1. The summed E-state index contributed by atoms with van der Waals surface area (Å²) in [5, 5.41) is 0.355. The number of ether oxygens (including phenoxy) is 3. The summed E-state index contributed by atoms with van der Waals surface area (Å²) >= 11 is 7.71. The van der Waals surface area contributed by atoms with Gasteiger partial charge < -0.3 is 14.2 Å². The van der Waals surface area contributed by atoms with Crippen molar-refractivity contribution in [3.63, 3.8) is 0 Å². The smallest absolute Gasteiger partial charge is 0.331 e. The molecule has 2 aromatic rings. The van der Waals surface area contributed by atoms with Gasteiger partial charge in [0.05, 0.1) is 19.2 Å². The molecule has 0 radical (unpaired) electrons. The summed E-state index contributed by atoms with van der Waals surface area (Å²) in [7, 11) is 2.98. The van der Waals surface area contributed by atoms with Crippen LogP contribution in [0.4, 0.5) is 0 Å². The largest absolute Gasteiger partial charge is 0.493 e. The second-order valence-electron chi connectivity index (χ2n) is 5.33. The average molecular weight is 407 g/mol. The molecule has 0 atom stereocenters. The van der Waals surface area contributed by atoms with Gasteiger partial charge in [-0.1, -0.05) is 23.7 Å². The van der Waals surface area contributed by atoms with Gasteiger partial charge in [0.2, 0.25) is 0 Å². The molecule has 5 nitrogen and oxygen atoms in total. The number of carbonyl (C=O) groups is 2. The fourth-order valence-electron chi connectivity index (χ4n) is 2.24. The molecule has 2 rings (SSSR count). The molecule has 142 valence electrons. The lowest BCUT2D eigenvalue weighted by Crippen LogP contribution is -2.12. The van der Waals surface area contributed by atoms with E-state index in [1.165, 1.54) is 26.4 Å². The molecule has 0 saturated carbocycles. The van der Waals surface area contributed by atoms with E-state index >= 15 is 0 Å². The molecule has 0 amide bonds. The van der Waals surface area contributed by atoms with Gasteiger partial charge in [-0.3, -0.25) is 4.79 Å². The van der Waals surface area contributed by atoms with Crippen molar-refractivity contribution in [2.24, 2.45) is 0 Å². The molecule has 7 heteroatoms. The second kappa shape index (κ2) is 10.0. The minimum Gasteiger partial charge on any atom is -0.493 e. The van der Waals surface area contributed by atoms with Crippen LogP contribution in [0.1, 0.15) is 15.9 Å². The SMILES string of the molecule is COc1cc(/C=C/C(=O)OCC(=O)c2ccc(SC)cc2)cc(Cl)c1OC. The van der Waals surface area contributed by atoms with Crippen LogP contribution < -0.4 is 9.47 Å². The Balaban J connectivity index is 1.96. The third-order valence-electron chi connectivity index (χ3n) is 3.63. The number of esters is 1. The van der Waals surface area contributed by atoms with E-state index in [4.69, 9.17) is 25.8 Å². The second-order valence-corrected chi connectivity index (χ2v) is 6.62. The summed E-state index contributed by atoms with van der Waals surface area (Å²) in [5.74, 6) is -0.0348. The highest BCUT2D eigenvalue weighted by Gasteiger charge is 2.11. The number of benzene rings is 2. The van der Waals surface area contributed by atoms with E-state index in [1.807, 2.05) is 18.4 Å². The Bertz CT molecular complexity index is 846. The monoisotopic (exact) mass is 406 g/mol. The molecule has 0 unspecified atom stereocenters. The number of Topliss-reactive ketones (excluding diaryl/α,β-unsaturated/α-hetero) is 1. The third-order valence-corrected chi connectivity index (χ3v) is 4.65. The molecule has 0 heterocycles. The highest BCUT2D eigenvalue weighted by Crippen LogP contribution is 2.36. The normalized spacial score (nSPS) is 10.7. The Hall–Kier alpha value is -2.44. The Morgan fingerprint density at radius 3 is 2.41 bits per heavy atom. The zero-order chi connectivity index (χ0) is 19.8. The van der Waals surface area contributed by atoms with Crippen molar-refractivity contribution >= 4 is 41.2 Å². The van der Waals surface area contributed by atoms with Crippen LogP contribution in [0.3, 0.4) is 0 Å². The number of ketones is 1. The zero-order valence-electron chi connectivity index (χ0n) is 15.2. The number of methoxy groups -OCH3 is 2. The standard InChI is InChI=1S/C20H19ClO5S/c1-24-18-11-13(10-16(21)20(18)25-2)4-9-19(23)26-12-17(22)14-5-7-15(27-3)8-6-14/h4-11H,12H2,1-3H3/b9-4+. The predicted octanol–water partition coefficient (Wildman–Crippen LogP) is 4.52. The van der Waals surface area contributed by atoms with E-state index < -0.39 is 5.97 Å². The van der Waals surface area contributed by atoms with Gasteiger partial charge in [-0.05, 0) is 42.2 Å². The van der Waals surface area contributed by atoms with E-state index in [1.54, 1.807) is 36.0 Å². The quantitative estimate of drug-likeness (QED) is 0.278. The Labute approximate surface area is 167 Å². The van der Waals surface area contributed by atoms with Crippen molar-refractivity contribution in [1.82, 2.24) is 0 Å². The Morgan fingerprint density at radius 1 is 1.11 bits per heavy atom. The maximum absolute atomic E-state index is 12.1. The Morgan fingerprint density at radius 2 is 1.81 bits per heavy atom. The van der Waals surface area contributed by atoms with E-state index in [-0.39, 0.29) is 12.4 Å². The lowest BCUT2D eigenvalue weighted by Gasteiger charge is -2.10. The van der Waals surface area contributed by atoms with Crippen LogP contribution in [0.5, 0.6) is 11.5 Å². The van der Waals surface area contributed by atoms with Crippen LogP contribution in [0.2, 0.25) is 5.02 Å². The first-order valence-corrected chi connectivity index (χ1v) is 9.52. The van der Waals surface area contributed by atoms with E-state index in [0.29, 0.717) is 27.6 Å². The van der Waals surface area contributed by atoms with Crippen LogP contribution in [0, 0.1) is 0 Å². The molecule has 0 aliphatic carbocycles. The molecular formula is C20H19ClO5S. The highest BCUT2D eigenvalue weighted by atomic mass is 35.5. The van der Waals surface area contributed by atoms with Gasteiger partial charge >= 0.3 is 5.97 Å². The molecule has 0 saturated heterocycles. The minimum atomic E-state index is -0.630. The van der Waals surface area contributed by atoms with Gasteiger partial charge in [-0.15, -0.1) is 11.8 Å². The van der Waals surface area contributed by atoms with E-state index in [9.17, 15) is 9.59 Å². The fraction of sp³-hybridized carbons (Fsp3) is 0.200. The van der Waals surface area contributed by atoms with Crippen molar-refractivity contribution < 1.29 is 23.8 Å². The van der Waals surface area contributed by atoms with Crippen LogP contribution in [-0.2, 0) is 9.53 Å². The minimum absolute atomic E-state index is 0.265. The first-order valence-electron chi connectivity index (χ1n) is 7.92. The molecule has 0 aliphatic heterocycles. The molecule has 2 aromatic carbocycles. The van der Waals surface area contributed by atoms with Gasteiger partial charge in [0.1, 0.15) is 0 Å². The predicted molar refractivity (Wildman–Crippen MR) is 107 cm³/mol. The third kappa shape index (κ3) is 5.77. The summed E-state index contributed by atoms with van der Waals surface area (Å²) in [6.45, 7) is -0.325. The first kappa shape index (κ1) is 20.9. The van der Waals surface area contributed by atoms with Gasteiger partial charge in [0.15, 0.2) is 23.9 Å². The molecule has 0 aliphatic rings. The van der Waals surface area contributed by atoms with Crippen molar-refractivity contribution in [3.8, 4) is 11.5 Å². The van der Waals surface area contributed by atoms with Crippen molar-refractivity contribution in [3.05, 3.63) is 58.6 Å². The highest BCUT2D eigenvalue weighted by molar-refractivity contribution is 7.98. The maximum atomic E-state index is 12.1. The van der Waals surface area contributed by atoms with Crippen molar-refractivity contribution in [2.45, 2.75) is 4.90 Å². The van der Waals surface area contributed by atoms with Gasteiger partial charge in [0.25, 0.3) is 0 Å². The average Bonchev–Trinajstić information content (AvgIpc) is 2.69. The Kier molecular flexibility index (Phi) is 7.76. The number of thioether (sulfide) groups is 1. The van der Waals surface area contributed by atoms with Crippen LogP contribution in [-0.4, -0.2) is 38.8 Å². The van der Waals surface area contributed by atoms with E-state index in [0.717, 1.165) is 4.90 Å². The molecule has 0 fully saturated rings. The summed E-state index contributed by atoms with van der Waals surface area (Å²) in [4.78, 5) is 25.0. The number of carbonyl (C=O) groups excluding carboxylic acids is 2. The molecule has 0 spiro atoms. The molecule has 0 bridgehead atoms. The topological polar surface area (TPSA) is 61.8 Å². The lowest BCUT2D eigenvalue weighted by molar-refractivity contribution is -0.136. The summed E-state index contributed by atoms with van der Waals surface area (Å²) in [5.41, 5.74) is 1.13. The van der Waals surface area contributed by atoms with Crippen LogP contribution >= 0.6 is 23.4 Å². The van der Waals surface area contributed by atoms with E-state index in [2.05, 4.69) is 0 Å². The number of hydrogen-bond donors (Lipinski definition) is 0. The van der Waals surface area contributed by atoms with Crippen molar-refractivity contribution in [1.29, 1.82) is 0 Å². The summed E-state index contributed by atoms with van der Waals surface area (Å²) in [6, 6.07) is 10.4. The number of rotatable bonds is 8. The van der Waals surface area contributed by atoms with Gasteiger partial charge in [0, 0.05) is 16.5 Å².